The third-order valence-corrected chi connectivity index (χ3v) is 5.04. The van der Waals surface area contributed by atoms with Crippen LogP contribution in [0.25, 0.3) is 0 Å². The van der Waals surface area contributed by atoms with E-state index in [2.05, 4.69) is 67.9 Å². The molecule has 0 amide bonds. The molecule has 1 rings (SSSR count). The highest BCUT2D eigenvalue weighted by atomic mass is 35.5. The first-order chi connectivity index (χ1) is 15.3. The lowest BCUT2D eigenvalue weighted by atomic mass is 10.1. The second-order valence-electron chi connectivity index (χ2n) is 8.01. The lowest BCUT2D eigenvalue weighted by Crippen LogP contribution is -2.14. The largest absolute Gasteiger partial charge is 0.331 e. The summed E-state index contributed by atoms with van der Waals surface area (Å²) in [6.07, 6.45) is 24.1. The molecule has 0 spiro atoms. The van der Waals surface area contributed by atoms with Crippen LogP contribution in [0.5, 0.6) is 0 Å². The average molecular weight is 467 g/mol. The minimum Gasteiger partial charge on any atom is -0.331 e. The summed E-state index contributed by atoms with van der Waals surface area (Å²) in [5, 5.41) is 3.54. The Bertz CT molecular complexity index is 448. The molecule has 0 bridgehead atoms. The smallest absolute Gasteiger partial charge is 0.0205 e. The summed E-state index contributed by atoms with van der Waals surface area (Å²) in [6.45, 7) is 13.1. The monoisotopic (exact) mass is 466 g/mol. The molecule has 0 saturated heterocycles. The van der Waals surface area contributed by atoms with Crippen LogP contribution in [0.2, 0.25) is 0 Å². The first-order valence-electron chi connectivity index (χ1n) is 12.9. The molecule has 0 unspecified atom stereocenters. The normalized spacial score (nSPS) is 9.97. The van der Waals surface area contributed by atoms with Gasteiger partial charge in [-0.15, -0.1) is 25.6 Å². The van der Waals surface area contributed by atoms with E-state index >= 15 is 0 Å². The Kier molecular flexibility index (Phi) is 38.3. The third kappa shape index (κ3) is 31.1. The number of allylic oxidation sites excluding steroid dienone is 2. The maximum atomic E-state index is 4.85. The van der Waals surface area contributed by atoms with Gasteiger partial charge in [0.2, 0.25) is 0 Å². The van der Waals surface area contributed by atoms with Gasteiger partial charge in [0.25, 0.3) is 0 Å². The van der Waals surface area contributed by atoms with Crippen molar-refractivity contribution in [2.75, 3.05) is 13.1 Å². The molecular formula is C29H55ClN2. The maximum Gasteiger partial charge on any atom is 0.0205 e. The Morgan fingerprint density at radius 2 is 1.16 bits per heavy atom. The van der Waals surface area contributed by atoms with Crippen LogP contribution in [0.4, 0.5) is 0 Å². The number of nitrogens with one attached hydrogen (secondary N) is 1. The van der Waals surface area contributed by atoms with E-state index in [1.54, 1.807) is 0 Å². The van der Waals surface area contributed by atoms with Gasteiger partial charge in [-0.3, -0.25) is 0 Å². The van der Waals surface area contributed by atoms with E-state index in [1.807, 2.05) is 6.92 Å². The van der Waals surface area contributed by atoms with Crippen LogP contribution in [-0.4, -0.2) is 13.1 Å². The van der Waals surface area contributed by atoms with Gasteiger partial charge in [-0.05, 0) is 50.8 Å². The molecule has 0 saturated carbocycles. The summed E-state index contributed by atoms with van der Waals surface area (Å²) in [7, 11) is 0. The fraction of sp³-hybridized carbons (Fsp3) is 0.655. The predicted octanol–water partition coefficient (Wildman–Crippen LogP) is 9.00. The van der Waals surface area contributed by atoms with Crippen LogP contribution in [0.1, 0.15) is 109 Å². The number of halogens is 1. The van der Waals surface area contributed by atoms with Crippen molar-refractivity contribution in [3.05, 3.63) is 61.2 Å². The zero-order valence-electron chi connectivity index (χ0n) is 21.5. The van der Waals surface area contributed by atoms with Gasteiger partial charge in [0.15, 0.2) is 0 Å². The van der Waals surface area contributed by atoms with Crippen LogP contribution in [0.3, 0.4) is 0 Å². The van der Waals surface area contributed by atoms with Crippen LogP contribution in [-0.2, 0) is 6.54 Å². The first-order valence-corrected chi connectivity index (χ1v) is 12.9. The molecule has 0 atom stereocenters. The highest BCUT2D eigenvalue weighted by Crippen LogP contribution is 2.09. The molecule has 188 valence electrons. The van der Waals surface area contributed by atoms with Gasteiger partial charge in [-0.25, -0.2) is 0 Å². The number of rotatable bonds is 18. The molecule has 0 aliphatic heterocycles. The molecule has 0 radical (unpaired) electrons. The molecule has 1 aromatic rings. The van der Waals surface area contributed by atoms with E-state index in [1.165, 1.54) is 95.5 Å². The van der Waals surface area contributed by atoms with E-state index in [9.17, 15) is 0 Å². The topological polar surface area (TPSA) is 38.0 Å². The second kappa shape index (κ2) is 34.5. The molecule has 32 heavy (non-hydrogen) atoms. The van der Waals surface area contributed by atoms with Crippen LogP contribution in [0, 0.1) is 0 Å². The fourth-order valence-corrected chi connectivity index (χ4v) is 3.33. The van der Waals surface area contributed by atoms with Crippen molar-refractivity contribution >= 4 is 12.4 Å². The quantitative estimate of drug-likeness (QED) is 0.167. The fourth-order valence-electron chi connectivity index (χ4n) is 3.33. The van der Waals surface area contributed by atoms with Crippen molar-refractivity contribution in [1.29, 1.82) is 0 Å². The summed E-state index contributed by atoms with van der Waals surface area (Å²) in [5.74, 6) is 0. The third-order valence-electron chi connectivity index (χ3n) is 5.04. The highest BCUT2D eigenvalue weighted by Gasteiger charge is 1.93. The molecule has 1 aromatic carbocycles. The minimum absolute atomic E-state index is 0. The van der Waals surface area contributed by atoms with Gasteiger partial charge in [0.05, 0.1) is 0 Å². The molecule has 0 heterocycles. The molecule has 0 aliphatic carbocycles. The van der Waals surface area contributed by atoms with Crippen molar-refractivity contribution in [3.63, 3.8) is 0 Å². The van der Waals surface area contributed by atoms with Crippen molar-refractivity contribution in [2.45, 2.75) is 110 Å². The molecule has 0 fully saturated rings. The SMILES string of the molecule is C=C.CCCCCCCC/C=C\CCCCCCCCNCc1ccccc1.CCN.Cl. The Morgan fingerprint density at radius 3 is 1.66 bits per heavy atom. The summed E-state index contributed by atoms with van der Waals surface area (Å²) >= 11 is 0. The van der Waals surface area contributed by atoms with E-state index in [0.29, 0.717) is 0 Å². The number of benzene rings is 1. The number of unbranched alkanes of at least 4 members (excludes halogenated alkanes) is 12. The van der Waals surface area contributed by atoms with Crippen molar-refractivity contribution in [2.24, 2.45) is 5.73 Å². The zero-order chi connectivity index (χ0) is 23.3. The zero-order valence-corrected chi connectivity index (χ0v) is 22.3. The van der Waals surface area contributed by atoms with Crippen molar-refractivity contribution in [3.8, 4) is 0 Å². The Balaban J connectivity index is -0.00000129. The number of hydrogen-bond acceptors (Lipinski definition) is 2. The van der Waals surface area contributed by atoms with E-state index in [0.717, 1.165) is 19.6 Å². The molecule has 0 aromatic heterocycles. The first kappa shape index (κ1) is 35.5. The summed E-state index contributed by atoms with van der Waals surface area (Å²) in [5.41, 5.74) is 6.23. The average Bonchev–Trinajstić information content (AvgIpc) is 2.81. The van der Waals surface area contributed by atoms with Crippen LogP contribution < -0.4 is 11.1 Å². The minimum atomic E-state index is 0. The van der Waals surface area contributed by atoms with Gasteiger partial charge in [-0.2, -0.15) is 0 Å². The number of nitrogens with two attached hydrogens (primary N) is 1. The van der Waals surface area contributed by atoms with Gasteiger partial charge in [-0.1, -0.05) is 114 Å². The summed E-state index contributed by atoms with van der Waals surface area (Å²) < 4.78 is 0. The molecular weight excluding hydrogens is 412 g/mol. The van der Waals surface area contributed by atoms with Crippen molar-refractivity contribution < 1.29 is 0 Å². The Labute approximate surface area is 208 Å². The van der Waals surface area contributed by atoms with Crippen LogP contribution in [0.15, 0.2) is 55.6 Å². The van der Waals surface area contributed by atoms with E-state index in [-0.39, 0.29) is 12.4 Å². The van der Waals surface area contributed by atoms with E-state index < -0.39 is 0 Å². The molecule has 0 aliphatic rings. The maximum absolute atomic E-state index is 4.85. The van der Waals surface area contributed by atoms with Crippen LogP contribution >= 0.6 is 12.4 Å². The Hall–Kier alpha value is -1.09. The van der Waals surface area contributed by atoms with Gasteiger partial charge >= 0.3 is 0 Å². The predicted molar refractivity (Wildman–Crippen MR) is 151 cm³/mol. The lowest BCUT2D eigenvalue weighted by molar-refractivity contribution is 0.566. The lowest BCUT2D eigenvalue weighted by Gasteiger charge is -2.05. The van der Waals surface area contributed by atoms with Crippen molar-refractivity contribution in [1.82, 2.24) is 5.32 Å². The molecule has 3 heteroatoms. The van der Waals surface area contributed by atoms with Gasteiger partial charge in [0.1, 0.15) is 0 Å². The molecule has 3 N–H and O–H groups in total. The van der Waals surface area contributed by atoms with Gasteiger partial charge < -0.3 is 11.1 Å². The second-order valence-corrected chi connectivity index (χ2v) is 8.01. The number of hydrogen-bond donors (Lipinski definition) is 2. The summed E-state index contributed by atoms with van der Waals surface area (Å²) in [4.78, 5) is 0. The highest BCUT2D eigenvalue weighted by molar-refractivity contribution is 5.85. The Morgan fingerprint density at radius 1 is 0.719 bits per heavy atom. The molecule has 2 nitrogen and oxygen atoms in total. The van der Waals surface area contributed by atoms with E-state index in [4.69, 9.17) is 5.73 Å². The standard InChI is InChI=1S/C25H43N.C2H7N.C2H4.ClH/c1-2-3-4-5-6-7-8-9-10-11-12-13-14-15-16-20-23-26-24-25-21-18-17-19-22-25;1-2-3;1-2;/h9-10,17-19,21-22,26H,2-8,11-16,20,23-24H2,1H3;2-3H2,1H3;1-2H2;1H/b10-9-;;;. The summed E-state index contributed by atoms with van der Waals surface area (Å²) in [6, 6.07) is 10.7. The van der Waals surface area contributed by atoms with Gasteiger partial charge in [0, 0.05) is 6.54 Å².